The lowest BCUT2D eigenvalue weighted by Crippen LogP contribution is -2.21. The van der Waals surface area contributed by atoms with E-state index in [2.05, 4.69) is 9.71 Å². The van der Waals surface area contributed by atoms with Gasteiger partial charge in [-0.05, 0) is 54.7 Å². The van der Waals surface area contributed by atoms with Gasteiger partial charge in [0, 0.05) is 0 Å². The van der Waals surface area contributed by atoms with Crippen molar-refractivity contribution in [1.82, 2.24) is 9.55 Å². The lowest BCUT2D eigenvalue weighted by Gasteiger charge is -2.13. The Hall–Kier alpha value is -3.43. The Labute approximate surface area is 177 Å². The Morgan fingerprint density at radius 3 is 2.53 bits per heavy atom. The number of methoxy groups -OCH3 is 1. The molecule has 0 saturated carbocycles. The van der Waals surface area contributed by atoms with Crippen LogP contribution in [0.1, 0.15) is 0 Å². The van der Waals surface area contributed by atoms with Crippen molar-refractivity contribution >= 4 is 38.8 Å². The molecule has 0 atom stereocenters. The molecule has 0 aliphatic heterocycles. The van der Waals surface area contributed by atoms with E-state index in [1.165, 1.54) is 23.8 Å². The second-order valence-electron chi connectivity index (χ2n) is 6.42. The number of aromatic amines is 1. The van der Waals surface area contributed by atoms with Gasteiger partial charge in [0.05, 0.1) is 34.3 Å². The van der Waals surface area contributed by atoms with E-state index in [-0.39, 0.29) is 15.2 Å². The van der Waals surface area contributed by atoms with Crippen molar-refractivity contribution < 1.29 is 13.2 Å². The molecule has 0 fully saturated rings. The van der Waals surface area contributed by atoms with Crippen molar-refractivity contribution in [2.45, 2.75) is 4.90 Å². The minimum absolute atomic E-state index is 0.0136. The molecule has 152 valence electrons. The van der Waals surface area contributed by atoms with Gasteiger partial charge in [0.15, 0.2) is 4.77 Å². The minimum atomic E-state index is -3.93. The van der Waals surface area contributed by atoms with Gasteiger partial charge < -0.3 is 9.72 Å². The third-order valence-corrected chi connectivity index (χ3v) is 6.19. The molecule has 4 aromatic rings. The summed E-state index contributed by atoms with van der Waals surface area (Å²) in [5.74, 6) is 0.394. The summed E-state index contributed by atoms with van der Waals surface area (Å²) in [6.07, 6.45) is 0. The summed E-state index contributed by atoms with van der Waals surface area (Å²) in [6.45, 7) is 0. The van der Waals surface area contributed by atoms with Crippen LogP contribution in [0.5, 0.6) is 5.75 Å². The van der Waals surface area contributed by atoms with Crippen LogP contribution in [-0.2, 0) is 10.0 Å². The maximum atomic E-state index is 13.0. The molecule has 0 bridgehead atoms. The van der Waals surface area contributed by atoms with Gasteiger partial charge >= 0.3 is 0 Å². The molecule has 0 amide bonds. The molecule has 30 heavy (non-hydrogen) atoms. The van der Waals surface area contributed by atoms with E-state index in [0.717, 1.165) is 0 Å². The molecule has 9 heteroatoms. The number of nitrogens with one attached hydrogen (secondary N) is 2. The minimum Gasteiger partial charge on any atom is -0.495 e. The Balaban J connectivity index is 1.81. The quantitative estimate of drug-likeness (QED) is 0.461. The van der Waals surface area contributed by atoms with Crippen molar-refractivity contribution in [3.8, 4) is 11.4 Å². The Morgan fingerprint density at radius 1 is 1.00 bits per heavy atom. The standard InChI is InChI=1S/C21H17N3O4S2/c1-28-19-12-5-4-11-18(19)23-30(26,27)15-8-6-7-14(13-15)24-20(25)16-9-2-3-10-17(16)22-21(24)29/h2-13,23H,1H3,(H,22,29). The monoisotopic (exact) mass is 439 g/mol. The zero-order valence-corrected chi connectivity index (χ0v) is 17.5. The lowest BCUT2D eigenvalue weighted by atomic mass is 10.2. The number of fused-ring (bicyclic) bond motifs is 1. The molecular weight excluding hydrogens is 422 g/mol. The fourth-order valence-electron chi connectivity index (χ4n) is 3.12. The zero-order chi connectivity index (χ0) is 21.3. The van der Waals surface area contributed by atoms with Crippen LogP contribution in [0, 0.1) is 4.77 Å². The van der Waals surface area contributed by atoms with Crippen LogP contribution >= 0.6 is 12.2 Å². The molecule has 4 rings (SSSR count). The molecule has 3 aromatic carbocycles. The maximum Gasteiger partial charge on any atom is 0.266 e. The first kappa shape index (κ1) is 19.9. The highest BCUT2D eigenvalue weighted by Crippen LogP contribution is 2.26. The summed E-state index contributed by atoms with van der Waals surface area (Å²) in [6, 6.07) is 19.7. The summed E-state index contributed by atoms with van der Waals surface area (Å²) in [4.78, 5) is 16.0. The number of para-hydroxylation sites is 3. The van der Waals surface area contributed by atoms with Crippen LogP contribution in [0.15, 0.2) is 82.5 Å². The maximum absolute atomic E-state index is 13.0. The molecule has 0 unspecified atom stereocenters. The number of hydrogen-bond acceptors (Lipinski definition) is 5. The van der Waals surface area contributed by atoms with Crippen LogP contribution in [0.3, 0.4) is 0 Å². The molecule has 1 heterocycles. The number of nitrogens with zero attached hydrogens (tertiary/aromatic N) is 1. The highest BCUT2D eigenvalue weighted by molar-refractivity contribution is 7.92. The van der Waals surface area contributed by atoms with Crippen molar-refractivity contribution in [2.24, 2.45) is 0 Å². The molecule has 1 aromatic heterocycles. The van der Waals surface area contributed by atoms with Gasteiger partial charge in [-0.1, -0.05) is 30.3 Å². The molecule has 0 aliphatic rings. The number of hydrogen-bond donors (Lipinski definition) is 2. The number of anilines is 1. The van der Waals surface area contributed by atoms with Crippen molar-refractivity contribution in [3.05, 3.63) is 87.9 Å². The van der Waals surface area contributed by atoms with Gasteiger partial charge in [0.25, 0.3) is 15.6 Å². The summed E-state index contributed by atoms with van der Waals surface area (Å²) in [5, 5.41) is 0.450. The van der Waals surface area contributed by atoms with E-state index >= 15 is 0 Å². The predicted octanol–water partition coefficient (Wildman–Crippen LogP) is 3.86. The fourth-order valence-corrected chi connectivity index (χ4v) is 4.53. The van der Waals surface area contributed by atoms with Crippen LogP contribution in [0.2, 0.25) is 0 Å². The Bertz CT molecular complexity index is 1470. The third kappa shape index (κ3) is 3.60. The second kappa shape index (κ2) is 7.77. The normalized spacial score (nSPS) is 11.4. The zero-order valence-electron chi connectivity index (χ0n) is 15.8. The number of sulfonamides is 1. The molecule has 7 nitrogen and oxygen atoms in total. The smallest absolute Gasteiger partial charge is 0.266 e. The number of H-pyrrole nitrogens is 1. The number of benzene rings is 3. The predicted molar refractivity (Wildman–Crippen MR) is 119 cm³/mol. The van der Waals surface area contributed by atoms with Crippen molar-refractivity contribution in [2.75, 3.05) is 11.8 Å². The fraction of sp³-hybridized carbons (Fsp3) is 0.0476. The first-order valence-electron chi connectivity index (χ1n) is 8.91. The number of rotatable bonds is 5. The Morgan fingerprint density at radius 2 is 1.73 bits per heavy atom. The van der Waals surface area contributed by atoms with Crippen LogP contribution in [-0.4, -0.2) is 25.1 Å². The molecule has 2 N–H and O–H groups in total. The van der Waals surface area contributed by atoms with Gasteiger partial charge in [-0.2, -0.15) is 0 Å². The van der Waals surface area contributed by atoms with Crippen LogP contribution in [0.25, 0.3) is 16.6 Å². The van der Waals surface area contributed by atoms with E-state index < -0.39 is 10.0 Å². The Kier molecular flexibility index (Phi) is 5.15. The SMILES string of the molecule is COc1ccccc1NS(=O)(=O)c1cccc(-n2c(=S)[nH]c3ccccc3c2=O)c1. The van der Waals surface area contributed by atoms with Gasteiger partial charge in [-0.3, -0.25) is 14.1 Å². The third-order valence-electron chi connectivity index (χ3n) is 4.54. The topological polar surface area (TPSA) is 93.2 Å². The first-order chi connectivity index (χ1) is 14.4. The second-order valence-corrected chi connectivity index (χ2v) is 8.49. The average molecular weight is 440 g/mol. The van der Waals surface area contributed by atoms with Gasteiger partial charge in [-0.25, -0.2) is 8.42 Å². The van der Waals surface area contributed by atoms with E-state index in [1.54, 1.807) is 60.7 Å². The van der Waals surface area contributed by atoms with E-state index in [0.29, 0.717) is 28.0 Å². The highest BCUT2D eigenvalue weighted by Gasteiger charge is 2.18. The average Bonchev–Trinajstić information content (AvgIpc) is 2.74. The van der Waals surface area contributed by atoms with Crippen LogP contribution < -0.4 is 15.0 Å². The number of ether oxygens (including phenoxy) is 1. The summed E-state index contributed by atoms with van der Waals surface area (Å²) >= 11 is 5.35. The molecule has 0 spiro atoms. The lowest BCUT2D eigenvalue weighted by molar-refractivity contribution is 0.417. The summed E-state index contributed by atoms with van der Waals surface area (Å²) < 4.78 is 35.1. The van der Waals surface area contributed by atoms with Gasteiger partial charge in [0.1, 0.15) is 5.75 Å². The van der Waals surface area contributed by atoms with Crippen molar-refractivity contribution in [3.63, 3.8) is 0 Å². The highest BCUT2D eigenvalue weighted by atomic mass is 32.2. The van der Waals surface area contributed by atoms with Gasteiger partial charge in [0.2, 0.25) is 0 Å². The van der Waals surface area contributed by atoms with E-state index in [1.807, 2.05) is 0 Å². The largest absolute Gasteiger partial charge is 0.495 e. The van der Waals surface area contributed by atoms with E-state index in [9.17, 15) is 13.2 Å². The molecule has 0 aliphatic carbocycles. The molecular formula is C21H17N3O4S2. The summed E-state index contributed by atoms with van der Waals surface area (Å²) in [5.41, 5.74) is 0.937. The van der Waals surface area contributed by atoms with Crippen molar-refractivity contribution in [1.29, 1.82) is 0 Å². The number of aromatic nitrogens is 2. The van der Waals surface area contributed by atoms with Crippen LogP contribution in [0.4, 0.5) is 5.69 Å². The van der Waals surface area contributed by atoms with E-state index in [4.69, 9.17) is 17.0 Å². The molecule has 0 saturated heterocycles. The molecule has 0 radical (unpaired) electrons. The van der Waals surface area contributed by atoms with Gasteiger partial charge in [-0.15, -0.1) is 0 Å². The first-order valence-corrected chi connectivity index (χ1v) is 10.8. The summed E-state index contributed by atoms with van der Waals surface area (Å²) in [7, 11) is -2.47.